The van der Waals surface area contributed by atoms with Crippen molar-refractivity contribution in [2.24, 2.45) is 0 Å². The average molecular weight is 640 g/mol. The van der Waals surface area contributed by atoms with Gasteiger partial charge in [-0.3, -0.25) is 4.98 Å². The topological polar surface area (TPSA) is 48.5 Å². The van der Waals surface area contributed by atoms with Crippen molar-refractivity contribution in [3.05, 3.63) is 176 Å². The fourth-order valence-corrected chi connectivity index (χ4v) is 7.35. The minimum absolute atomic E-state index is 0.700. The lowest BCUT2D eigenvalue weighted by atomic mass is 10.0. The van der Waals surface area contributed by atoms with Crippen molar-refractivity contribution >= 4 is 43.7 Å². The van der Waals surface area contributed by atoms with Crippen molar-refractivity contribution in [1.29, 1.82) is 0 Å². The van der Waals surface area contributed by atoms with Gasteiger partial charge in [0.15, 0.2) is 5.82 Å². The van der Waals surface area contributed by atoms with E-state index in [2.05, 4.69) is 143 Å². The van der Waals surface area contributed by atoms with Crippen LogP contribution >= 0.6 is 0 Å². The van der Waals surface area contributed by atoms with Gasteiger partial charge in [-0.1, -0.05) is 115 Å². The Labute approximate surface area is 288 Å². The van der Waals surface area contributed by atoms with E-state index in [9.17, 15) is 0 Å². The van der Waals surface area contributed by atoms with E-state index < -0.39 is 0 Å². The summed E-state index contributed by atoms with van der Waals surface area (Å²) in [6, 6.07) is 57.4. The zero-order chi connectivity index (χ0) is 33.0. The van der Waals surface area contributed by atoms with Gasteiger partial charge >= 0.3 is 0 Å². The molecule has 0 fully saturated rings. The fourth-order valence-electron chi connectivity index (χ4n) is 7.35. The van der Waals surface area contributed by atoms with E-state index in [1.54, 1.807) is 0 Å². The maximum absolute atomic E-state index is 5.22. The van der Waals surface area contributed by atoms with Gasteiger partial charge in [-0.15, -0.1) is 0 Å². The quantitative estimate of drug-likeness (QED) is 0.188. The zero-order valence-electron chi connectivity index (χ0n) is 27.0. The number of fused-ring (bicyclic) bond motifs is 6. The van der Waals surface area contributed by atoms with Gasteiger partial charge in [0.1, 0.15) is 0 Å². The third kappa shape index (κ3) is 4.45. The lowest BCUT2D eigenvalue weighted by Crippen LogP contribution is -2.02. The molecule has 0 atom stereocenters. The molecule has 0 aliphatic rings. The summed E-state index contributed by atoms with van der Waals surface area (Å²) in [4.78, 5) is 14.9. The van der Waals surface area contributed by atoms with Gasteiger partial charge in [0.2, 0.25) is 0 Å². The monoisotopic (exact) mass is 639 g/mol. The summed E-state index contributed by atoms with van der Waals surface area (Å²) >= 11 is 0. The van der Waals surface area contributed by atoms with E-state index in [0.717, 1.165) is 72.3 Å². The molecule has 0 bridgehead atoms. The Morgan fingerprint density at radius 3 is 1.76 bits per heavy atom. The summed E-state index contributed by atoms with van der Waals surface area (Å²) in [6.45, 7) is 0. The predicted molar refractivity (Wildman–Crippen MR) is 205 cm³/mol. The van der Waals surface area contributed by atoms with Gasteiger partial charge < -0.3 is 9.13 Å². The number of hydrogen-bond donors (Lipinski definition) is 0. The number of nitrogens with zero attached hydrogens (tertiary/aromatic N) is 5. The van der Waals surface area contributed by atoms with Gasteiger partial charge in [0, 0.05) is 39.2 Å². The molecular formula is C45H29N5. The molecule has 0 aliphatic heterocycles. The van der Waals surface area contributed by atoms with Crippen molar-refractivity contribution in [2.45, 2.75) is 0 Å². The van der Waals surface area contributed by atoms with E-state index in [1.807, 2.05) is 42.7 Å². The fraction of sp³-hybridized carbons (Fsp3) is 0. The van der Waals surface area contributed by atoms with Crippen molar-refractivity contribution in [2.75, 3.05) is 0 Å². The first-order valence-corrected chi connectivity index (χ1v) is 16.8. The molecule has 10 rings (SSSR count). The van der Waals surface area contributed by atoms with E-state index in [4.69, 9.17) is 15.0 Å². The molecular weight excluding hydrogens is 611 g/mol. The second-order valence-corrected chi connectivity index (χ2v) is 12.5. The minimum atomic E-state index is 0.700. The molecule has 5 nitrogen and oxygen atoms in total. The number of para-hydroxylation sites is 2. The molecule has 0 saturated carbocycles. The number of benzene rings is 6. The molecule has 4 aromatic heterocycles. The molecule has 50 heavy (non-hydrogen) atoms. The summed E-state index contributed by atoms with van der Waals surface area (Å²) in [5.74, 6) is 0.700. The molecule has 234 valence electrons. The Hall–Kier alpha value is -6.85. The molecule has 0 amide bonds. The maximum Gasteiger partial charge on any atom is 0.159 e. The molecule has 0 radical (unpaired) electrons. The summed E-state index contributed by atoms with van der Waals surface area (Å²) in [6.07, 6.45) is 3.85. The molecule has 0 saturated heterocycles. The SMILES string of the molecule is c1ccc(-c2ncc(-n3c4ccccc4c4ccc(-c5ccc6c7ncccc7n(-c7ccccc7)c6c5)cc43)c(-c3ccccc3)n2)cc1. The summed E-state index contributed by atoms with van der Waals surface area (Å²) < 4.78 is 4.64. The van der Waals surface area contributed by atoms with Crippen molar-refractivity contribution in [1.82, 2.24) is 24.1 Å². The van der Waals surface area contributed by atoms with Crippen molar-refractivity contribution in [3.8, 4) is 45.1 Å². The van der Waals surface area contributed by atoms with Crippen LogP contribution in [0.2, 0.25) is 0 Å². The second-order valence-electron chi connectivity index (χ2n) is 12.5. The van der Waals surface area contributed by atoms with Crippen LogP contribution in [-0.4, -0.2) is 24.1 Å². The lowest BCUT2D eigenvalue weighted by molar-refractivity contribution is 1.09. The van der Waals surface area contributed by atoms with Gasteiger partial charge in [-0.2, -0.15) is 0 Å². The Morgan fingerprint density at radius 2 is 1.00 bits per heavy atom. The molecule has 5 heteroatoms. The van der Waals surface area contributed by atoms with E-state index >= 15 is 0 Å². The highest BCUT2D eigenvalue weighted by Crippen LogP contribution is 2.39. The maximum atomic E-state index is 5.22. The summed E-state index contributed by atoms with van der Waals surface area (Å²) in [5, 5.41) is 3.50. The number of pyridine rings is 1. The molecule has 6 aromatic carbocycles. The average Bonchev–Trinajstić information content (AvgIpc) is 3.71. The number of aromatic nitrogens is 5. The smallest absolute Gasteiger partial charge is 0.159 e. The lowest BCUT2D eigenvalue weighted by Gasteiger charge is -2.15. The highest BCUT2D eigenvalue weighted by atomic mass is 15.0. The van der Waals surface area contributed by atoms with Gasteiger partial charge in [-0.05, 0) is 59.7 Å². The Balaban J connectivity index is 1.22. The Bertz CT molecular complexity index is 2850. The zero-order valence-corrected chi connectivity index (χ0v) is 27.0. The third-order valence-corrected chi connectivity index (χ3v) is 9.63. The van der Waals surface area contributed by atoms with Crippen molar-refractivity contribution in [3.63, 3.8) is 0 Å². The predicted octanol–water partition coefficient (Wildman–Crippen LogP) is 11.1. The first-order chi connectivity index (χ1) is 24.8. The van der Waals surface area contributed by atoms with Crippen LogP contribution in [0.1, 0.15) is 0 Å². The number of hydrogen-bond acceptors (Lipinski definition) is 3. The summed E-state index contributed by atoms with van der Waals surface area (Å²) in [7, 11) is 0. The largest absolute Gasteiger partial charge is 0.308 e. The first-order valence-electron chi connectivity index (χ1n) is 16.8. The highest BCUT2D eigenvalue weighted by Gasteiger charge is 2.20. The number of rotatable bonds is 5. The van der Waals surface area contributed by atoms with Crippen LogP contribution in [0.15, 0.2) is 176 Å². The van der Waals surface area contributed by atoms with E-state index in [0.29, 0.717) is 5.82 Å². The van der Waals surface area contributed by atoms with Crippen LogP contribution in [0.5, 0.6) is 0 Å². The van der Waals surface area contributed by atoms with Crippen molar-refractivity contribution < 1.29 is 0 Å². The van der Waals surface area contributed by atoms with Crippen LogP contribution in [0.4, 0.5) is 0 Å². The van der Waals surface area contributed by atoms with Crippen LogP contribution in [0.25, 0.3) is 88.9 Å². The molecule has 0 unspecified atom stereocenters. The molecule has 0 N–H and O–H groups in total. The van der Waals surface area contributed by atoms with Crippen LogP contribution in [0, 0.1) is 0 Å². The first kappa shape index (κ1) is 28.2. The standard InChI is InChI=1S/C45H29N5/c1-4-13-30(14-5-1)43-42(29-47-45(48-43)31-15-6-2-7-16-31)50-38-20-11-10-19-35(38)36-24-22-32(27-40(36)50)33-23-25-37-41(28-33)49(34-17-8-3-9-18-34)39-21-12-26-46-44(37)39/h1-29H. The minimum Gasteiger partial charge on any atom is -0.308 e. The van der Waals surface area contributed by atoms with Gasteiger partial charge in [0.05, 0.1) is 45.2 Å². The Kier molecular flexibility index (Phi) is 6.42. The summed E-state index contributed by atoms with van der Waals surface area (Å²) in [5.41, 5.74) is 12.6. The highest BCUT2D eigenvalue weighted by molar-refractivity contribution is 6.11. The van der Waals surface area contributed by atoms with Crippen LogP contribution < -0.4 is 0 Å². The third-order valence-electron chi connectivity index (χ3n) is 9.63. The molecule has 0 spiro atoms. The van der Waals surface area contributed by atoms with Crippen LogP contribution in [0.3, 0.4) is 0 Å². The van der Waals surface area contributed by atoms with Crippen LogP contribution in [-0.2, 0) is 0 Å². The molecule has 10 aromatic rings. The molecule has 0 aliphatic carbocycles. The second kappa shape index (κ2) is 11.4. The molecule has 4 heterocycles. The van der Waals surface area contributed by atoms with E-state index in [-0.39, 0.29) is 0 Å². The Morgan fingerprint density at radius 1 is 0.400 bits per heavy atom. The van der Waals surface area contributed by atoms with Gasteiger partial charge in [0.25, 0.3) is 0 Å². The van der Waals surface area contributed by atoms with Gasteiger partial charge in [-0.25, -0.2) is 9.97 Å². The normalized spacial score (nSPS) is 11.6. The van der Waals surface area contributed by atoms with E-state index in [1.165, 1.54) is 10.8 Å².